The summed E-state index contributed by atoms with van der Waals surface area (Å²) in [5.74, 6) is 1.08. The highest BCUT2D eigenvalue weighted by Gasteiger charge is 2.25. The molecule has 5 aromatic rings. The van der Waals surface area contributed by atoms with Gasteiger partial charge < -0.3 is 25.0 Å². The molecule has 1 fully saturated rings. The standard InChI is InChI=1S/C30H28ClN9O3/c31-25-9-5-4-6-22(25)18-32-27-26-28(39(20-33-26)19-21-10-12-24(13-11-21)40(42)43)36-29(35-27)37-14-16-38(17-15-37)30(41)34-23-7-2-1-3-8-23/h1-13,20H,14-19H2,(H,34,41)(H,32,35,36). The fourth-order valence-electron chi connectivity index (χ4n) is 4.89. The number of nitrogens with one attached hydrogen (secondary N) is 2. The number of nitro groups is 1. The number of para-hydroxylation sites is 1. The Bertz CT molecular complexity index is 1750. The molecule has 218 valence electrons. The van der Waals surface area contributed by atoms with Crippen LogP contribution in [0.3, 0.4) is 0 Å². The third-order valence-electron chi connectivity index (χ3n) is 7.23. The number of benzene rings is 3. The number of nitro benzene ring substituents is 1. The smallest absolute Gasteiger partial charge is 0.321 e. The molecule has 0 spiro atoms. The Hall–Kier alpha value is -5.23. The number of hydrogen-bond donors (Lipinski definition) is 2. The maximum atomic E-state index is 12.8. The summed E-state index contributed by atoms with van der Waals surface area (Å²) < 4.78 is 1.89. The van der Waals surface area contributed by atoms with Gasteiger partial charge in [0.25, 0.3) is 5.69 Å². The normalized spacial score (nSPS) is 13.2. The minimum absolute atomic E-state index is 0.0338. The molecule has 0 saturated carbocycles. The van der Waals surface area contributed by atoms with Gasteiger partial charge in [-0.25, -0.2) is 9.78 Å². The SMILES string of the molecule is O=C(Nc1ccccc1)N1CCN(c2nc(NCc3ccccc3Cl)c3ncn(Cc4ccc([N+](=O)[O-])cc4)c3n2)CC1. The van der Waals surface area contributed by atoms with Crippen molar-refractivity contribution in [1.82, 2.24) is 24.4 Å². The number of urea groups is 1. The van der Waals surface area contributed by atoms with Gasteiger partial charge >= 0.3 is 6.03 Å². The average Bonchev–Trinajstić information content (AvgIpc) is 3.44. The molecule has 1 aliphatic rings. The van der Waals surface area contributed by atoms with Crippen molar-refractivity contribution in [1.29, 1.82) is 0 Å². The van der Waals surface area contributed by atoms with Gasteiger partial charge in [-0.1, -0.05) is 60.1 Å². The first-order valence-electron chi connectivity index (χ1n) is 13.7. The molecule has 6 rings (SSSR count). The number of amides is 2. The molecule has 1 saturated heterocycles. The molecule has 0 aliphatic carbocycles. The Morgan fingerprint density at radius 2 is 1.65 bits per heavy atom. The molecule has 1 aliphatic heterocycles. The molecule has 2 N–H and O–H groups in total. The summed E-state index contributed by atoms with van der Waals surface area (Å²) in [6, 6.07) is 23.2. The van der Waals surface area contributed by atoms with Crippen molar-refractivity contribution in [3.63, 3.8) is 0 Å². The fraction of sp³-hybridized carbons (Fsp3) is 0.200. The Morgan fingerprint density at radius 3 is 2.37 bits per heavy atom. The van der Waals surface area contributed by atoms with Gasteiger partial charge in [0.2, 0.25) is 5.95 Å². The number of carbonyl (C=O) groups is 1. The lowest BCUT2D eigenvalue weighted by atomic mass is 10.2. The van der Waals surface area contributed by atoms with Crippen molar-refractivity contribution >= 4 is 51.9 Å². The van der Waals surface area contributed by atoms with Crippen LogP contribution in [0.1, 0.15) is 11.1 Å². The number of halogens is 1. The van der Waals surface area contributed by atoms with Gasteiger partial charge in [-0.3, -0.25) is 10.1 Å². The molecule has 3 heterocycles. The topological polar surface area (TPSA) is 134 Å². The minimum atomic E-state index is -0.419. The van der Waals surface area contributed by atoms with E-state index in [-0.39, 0.29) is 11.7 Å². The first-order chi connectivity index (χ1) is 20.9. The van der Waals surface area contributed by atoms with Crippen LogP contribution < -0.4 is 15.5 Å². The highest BCUT2D eigenvalue weighted by molar-refractivity contribution is 6.31. The van der Waals surface area contributed by atoms with E-state index in [4.69, 9.17) is 21.6 Å². The molecule has 0 unspecified atom stereocenters. The number of rotatable bonds is 8. The first kappa shape index (κ1) is 27.9. The quantitative estimate of drug-likeness (QED) is 0.179. The van der Waals surface area contributed by atoms with Crippen LogP contribution in [0.2, 0.25) is 5.02 Å². The summed E-state index contributed by atoms with van der Waals surface area (Å²) in [6.45, 7) is 2.97. The van der Waals surface area contributed by atoms with Crippen molar-refractivity contribution in [2.75, 3.05) is 41.7 Å². The van der Waals surface area contributed by atoms with Crippen LogP contribution in [0.4, 0.5) is 27.9 Å². The van der Waals surface area contributed by atoms with E-state index in [1.807, 2.05) is 59.2 Å². The van der Waals surface area contributed by atoms with Gasteiger partial charge in [-0.15, -0.1) is 0 Å². The lowest BCUT2D eigenvalue weighted by Gasteiger charge is -2.34. The number of hydrogen-bond acceptors (Lipinski definition) is 8. The third-order valence-corrected chi connectivity index (χ3v) is 7.60. The van der Waals surface area contributed by atoms with Crippen LogP contribution in [0.15, 0.2) is 85.2 Å². The van der Waals surface area contributed by atoms with E-state index in [9.17, 15) is 14.9 Å². The zero-order valence-electron chi connectivity index (χ0n) is 23.1. The predicted octanol–water partition coefficient (Wildman–Crippen LogP) is 5.40. The van der Waals surface area contributed by atoms with Crippen molar-refractivity contribution in [3.05, 3.63) is 111 Å². The Labute approximate surface area is 252 Å². The highest BCUT2D eigenvalue weighted by Crippen LogP contribution is 2.26. The number of fused-ring (bicyclic) bond motifs is 1. The number of piperazine rings is 1. The summed E-state index contributed by atoms with van der Waals surface area (Å²) in [7, 11) is 0. The van der Waals surface area contributed by atoms with Crippen LogP contribution in [0.5, 0.6) is 0 Å². The fourth-order valence-corrected chi connectivity index (χ4v) is 5.09. The molecule has 3 aromatic carbocycles. The monoisotopic (exact) mass is 597 g/mol. The van der Waals surface area contributed by atoms with Gasteiger partial charge in [0.05, 0.1) is 17.8 Å². The Balaban J connectivity index is 1.25. The molecule has 2 amide bonds. The molecule has 0 bridgehead atoms. The first-order valence-corrected chi connectivity index (χ1v) is 14.1. The summed E-state index contributed by atoms with van der Waals surface area (Å²) >= 11 is 6.40. The van der Waals surface area contributed by atoms with Crippen LogP contribution in [0, 0.1) is 10.1 Å². The van der Waals surface area contributed by atoms with Crippen molar-refractivity contribution in [3.8, 4) is 0 Å². The van der Waals surface area contributed by atoms with E-state index in [0.717, 1.165) is 16.8 Å². The summed E-state index contributed by atoms with van der Waals surface area (Å²) in [5.41, 5.74) is 3.79. The van der Waals surface area contributed by atoms with Crippen molar-refractivity contribution in [2.45, 2.75) is 13.1 Å². The number of nitrogens with zero attached hydrogens (tertiary/aromatic N) is 7. The Kier molecular flexibility index (Phi) is 8.01. The van der Waals surface area contributed by atoms with E-state index in [0.29, 0.717) is 67.2 Å². The Morgan fingerprint density at radius 1 is 0.930 bits per heavy atom. The molecular formula is C30H28ClN9O3. The van der Waals surface area contributed by atoms with Gasteiger partial charge in [0.1, 0.15) is 0 Å². The van der Waals surface area contributed by atoms with Gasteiger partial charge in [-0.05, 0) is 29.3 Å². The van der Waals surface area contributed by atoms with Gasteiger partial charge in [0.15, 0.2) is 17.0 Å². The van der Waals surface area contributed by atoms with Crippen LogP contribution in [0.25, 0.3) is 11.2 Å². The summed E-state index contributed by atoms with van der Waals surface area (Å²) in [4.78, 5) is 41.7. The zero-order valence-corrected chi connectivity index (χ0v) is 23.8. The number of carbonyl (C=O) groups excluding carboxylic acids is 1. The van der Waals surface area contributed by atoms with Crippen molar-refractivity contribution < 1.29 is 9.72 Å². The maximum Gasteiger partial charge on any atom is 0.321 e. The largest absolute Gasteiger partial charge is 0.364 e. The van der Waals surface area contributed by atoms with Crippen LogP contribution >= 0.6 is 11.6 Å². The highest BCUT2D eigenvalue weighted by atomic mass is 35.5. The second-order valence-corrected chi connectivity index (χ2v) is 10.5. The van der Waals surface area contributed by atoms with Crippen LogP contribution in [-0.2, 0) is 13.1 Å². The average molecular weight is 598 g/mol. The lowest BCUT2D eigenvalue weighted by molar-refractivity contribution is -0.384. The molecule has 13 heteroatoms. The molecule has 0 radical (unpaired) electrons. The maximum absolute atomic E-state index is 12.8. The zero-order chi connectivity index (χ0) is 29.8. The minimum Gasteiger partial charge on any atom is -0.364 e. The third kappa shape index (κ3) is 6.33. The second kappa shape index (κ2) is 12.3. The van der Waals surface area contributed by atoms with E-state index < -0.39 is 4.92 Å². The summed E-state index contributed by atoms with van der Waals surface area (Å²) in [5, 5.41) is 18.1. The van der Waals surface area contributed by atoms with Crippen molar-refractivity contribution in [2.24, 2.45) is 0 Å². The van der Waals surface area contributed by atoms with Gasteiger partial charge in [-0.2, -0.15) is 9.97 Å². The van der Waals surface area contributed by atoms with E-state index in [1.165, 1.54) is 12.1 Å². The number of non-ortho nitro benzene ring substituents is 1. The molecule has 0 atom stereocenters. The number of anilines is 3. The van der Waals surface area contributed by atoms with E-state index in [1.54, 1.807) is 23.4 Å². The molecule has 12 nitrogen and oxygen atoms in total. The van der Waals surface area contributed by atoms with E-state index >= 15 is 0 Å². The molecule has 43 heavy (non-hydrogen) atoms. The van der Waals surface area contributed by atoms with E-state index in [2.05, 4.69) is 20.5 Å². The number of imidazole rings is 1. The molecule has 2 aromatic heterocycles. The lowest BCUT2D eigenvalue weighted by Crippen LogP contribution is -2.50. The molecular weight excluding hydrogens is 570 g/mol. The number of aromatic nitrogens is 4. The second-order valence-electron chi connectivity index (χ2n) is 10.1. The predicted molar refractivity (Wildman–Crippen MR) is 166 cm³/mol. The summed E-state index contributed by atoms with van der Waals surface area (Å²) in [6.07, 6.45) is 1.69. The van der Waals surface area contributed by atoms with Gasteiger partial charge in [0, 0.05) is 55.6 Å². The van der Waals surface area contributed by atoms with Crippen LogP contribution in [-0.4, -0.2) is 61.6 Å².